The molecule has 10 rings (SSSR count). The summed E-state index contributed by atoms with van der Waals surface area (Å²) >= 11 is 0. The molecule has 0 unspecified atom stereocenters. The second-order valence-corrected chi connectivity index (χ2v) is 16.1. The van der Waals surface area contributed by atoms with E-state index in [0.29, 0.717) is 11.8 Å². The first-order valence-corrected chi connectivity index (χ1v) is 20.4. The number of hydrogen-bond acceptors (Lipinski definition) is 6. The minimum Gasteiger partial charge on any atom is -0.326 e. The Morgan fingerprint density at radius 1 is 0.429 bits per heavy atom. The van der Waals surface area contributed by atoms with Gasteiger partial charge < -0.3 is 14.5 Å². The fraction of sp³-hybridized carbons (Fsp3) is 0.0769. The summed E-state index contributed by atoms with van der Waals surface area (Å²) < 4.78 is 2.01. The molecule has 10 aromatic rings. The zero-order chi connectivity index (χ0) is 41.3. The first-order chi connectivity index (χ1) is 29.9. The van der Waals surface area contributed by atoms with Crippen molar-refractivity contribution in [1.29, 1.82) is 0 Å². The van der Waals surface area contributed by atoms with E-state index in [9.17, 15) is 0 Å². The predicted octanol–water partition coefficient (Wildman–Crippen LogP) is 6.01. The van der Waals surface area contributed by atoms with Crippen molar-refractivity contribution in [3.05, 3.63) is 200 Å². The molecule has 11 heteroatoms. The fourth-order valence-electron chi connectivity index (χ4n) is 8.04. The second-order valence-electron chi connectivity index (χ2n) is 16.1. The van der Waals surface area contributed by atoms with Crippen LogP contribution >= 0.6 is 0 Å². The number of benzene rings is 6. The third-order valence-electron chi connectivity index (χ3n) is 11.0. The van der Waals surface area contributed by atoms with E-state index in [1.807, 2.05) is 65.5 Å². The van der Waals surface area contributed by atoms with Crippen LogP contribution in [0.25, 0.3) is 50.3 Å². The molecule has 7 nitrogen and oxygen atoms in total. The Labute approximate surface area is 396 Å². The summed E-state index contributed by atoms with van der Waals surface area (Å²) in [5.41, 5.74) is 11.0. The zero-order valence-corrected chi connectivity index (χ0v) is 37.7. The molecule has 0 radical (unpaired) electrons. The molecule has 0 N–H and O–H groups in total. The average molecular weight is 994 g/mol. The van der Waals surface area contributed by atoms with Crippen molar-refractivity contribution in [2.75, 3.05) is 0 Å². The van der Waals surface area contributed by atoms with Crippen LogP contribution < -0.4 is 32.8 Å². The maximum atomic E-state index is 4.73. The van der Waals surface area contributed by atoms with Crippen LogP contribution in [0.1, 0.15) is 26.6 Å². The molecule has 0 fully saturated rings. The summed E-state index contributed by atoms with van der Waals surface area (Å²) in [6.45, 7) is 5.78. The summed E-state index contributed by atoms with van der Waals surface area (Å²) in [7, 11) is 0. The van der Waals surface area contributed by atoms with Crippen molar-refractivity contribution >= 4 is 68.0 Å². The van der Waals surface area contributed by atoms with Crippen molar-refractivity contribution in [1.82, 2.24) is 34.9 Å². The predicted molar refractivity (Wildman–Crippen MR) is 248 cm³/mol. The SMILES string of the molecule is CC(C)(C)c1nnc(-n2c3[c-]c(B(c4[c-]c(-c5ccccn5)ccc4)c4ccccc4)ccc3c3ccc(B(c4[c-]c(-c5ccccn5)ccc4)c4ccccc4)[c-]c32)nn1.[Pd+2].[Pd+2]. The molecular weight excluding hydrogens is 957 g/mol. The van der Waals surface area contributed by atoms with Crippen molar-refractivity contribution < 1.29 is 40.8 Å². The monoisotopic (exact) mass is 993 g/mol. The Bertz CT molecular complexity index is 2950. The molecule has 0 amide bonds. The largest absolute Gasteiger partial charge is 2.00 e. The molecule has 63 heavy (non-hydrogen) atoms. The topological polar surface area (TPSA) is 82.3 Å². The minimum absolute atomic E-state index is 0. The summed E-state index contributed by atoms with van der Waals surface area (Å²) in [5.74, 6) is 0.904. The molecule has 0 spiro atoms. The molecule has 306 valence electrons. The Morgan fingerprint density at radius 3 is 1.27 bits per heavy atom. The van der Waals surface area contributed by atoms with Crippen molar-refractivity contribution in [3.63, 3.8) is 0 Å². The van der Waals surface area contributed by atoms with Gasteiger partial charge in [0.1, 0.15) is 0 Å². The van der Waals surface area contributed by atoms with Crippen LogP contribution in [0.4, 0.5) is 0 Å². The van der Waals surface area contributed by atoms with E-state index in [0.717, 1.165) is 77.1 Å². The van der Waals surface area contributed by atoms with Crippen LogP contribution in [-0.2, 0) is 46.3 Å². The van der Waals surface area contributed by atoms with Gasteiger partial charge in [-0.2, -0.15) is 69.0 Å². The average Bonchev–Trinajstić information content (AvgIpc) is 3.63. The van der Waals surface area contributed by atoms with Crippen molar-refractivity contribution in [3.8, 4) is 28.5 Å². The van der Waals surface area contributed by atoms with Gasteiger partial charge in [-0.05, 0) is 23.5 Å². The van der Waals surface area contributed by atoms with E-state index in [4.69, 9.17) is 10.2 Å². The van der Waals surface area contributed by atoms with E-state index in [1.165, 1.54) is 0 Å². The molecule has 0 saturated heterocycles. The van der Waals surface area contributed by atoms with Gasteiger partial charge in [-0.1, -0.05) is 128 Å². The Morgan fingerprint density at radius 2 is 0.857 bits per heavy atom. The number of hydrogen-bond donors (Lipinski definition) is 0. The number of rotatable bonds is 9. The van der Waals surface area contributed by atoms with Gasteiger partial charge in [0.05, 0.1) is 0 Å². The molecule has 4 aromatic heterocycles. The van der Waals surface area contributed by atoms with E-state index < -0.39 is 0 Å². The Hall–Kier alpha value is -6.19. The van der Waals surface area contributed by atoms with E-state index in [-0.39, 0.29) is 59.7 Å². The summed E-state index contributed by atoms with van der Waals surface area (Å²) in [4.78, 5) is 9.25. The van der Waals surface area contributed by atoms with E-state index in [2.05, 4.69) is 174 Å². The third kappa shape index (κ3) is 8.76. The molecule has 0 aliphatic rings. The summed E-state index contributed by atoms with van der Waals surface area (Å²) in [5, 5.41) is 20.7. The summed E-state index contributed by atoms with van der Waals surface area (Å²) in [6, 6.07) is 69.3. The number of aromatic nitrogens is 7. The van der Waals surface area contributed by atoms with E-state index >= 15 is 0 Å². The maximum Gasteiger partial charge on any atom is 2.00 e. The van der Waals surface area contributed by atoms with Crippen LogP contribution in [0.3, 0.4) is 0 Å². The van der Waals surface area contributed by atoms with Gasteiger partial charge in [0.25, 0.3) is 5.95 Å². The van der Waals surface area contributed by atoms with Gasteiger partial charge in [0, 0.05) is 17.8 Å². The number of pyridine rings is 2. The van der Waals surface area contributed by atoms with Crippen LogP contribution in [0.15, 0.2) is 170 Å². The standard InChI is InChI=1S/C52H37B2N7.2Pd/c1-52(2,3)50-57-59-51(60-58-50)61-48-34-42(53(38-18-6-4-7-19-38)40-22-14-16-36(32-40)46-24-10-12-30-55-46)26-28-44(48)45-29-27-43(35-49(45)61)54(39-20-8-5-9-21-39)41-23-15-17-37(33-41)47-25-11-13-31-56-47;;/h4-31H,1-3H3;;/q-4;2*+2. The Kier molecular flexibility index (Phi) is 12.9. The molecule has 6 aromatic carbocycles. The molecule has 4 heterocycles. The maximum absolute atomic E-state index is 4.73. The smallest absolute Gasteiger partial charge is 0.326 e. The normalized spacial score (nSPS) is 11.2. The quantitative estimate of drug-likeness (QED) is 0.130. The first-order valence-electron chi connectivity index (χ1n) is 20.4. The molecule has 0 aliphatic heterocycles. The van der Waals surface area contributed by atoms with E-state index in [1.54, 1.807) is 0 Å². The minimum atomic E-state index is -0.329. The first kappa shape index (κ1) is 43.5. The molecule has 0 atom stereocenters. The molecular formula is C52H37B2N7Pd2. The Balaban J connectivity index is 0.00000272. The van der Waals surface area contributed by atoms with Crippen LogP contribution in [0.5, 0.6) is 0 Å². The summed E-state index contributed by atoms with van der Waals surface area (Å²) in [6.07, 6.45) is 3.62. The van der Waals surface area contributed by atoms with Crippen molar-refractivity contribution in [2.24, 2.45) is 0 Å². The van der Waals surface area contributed by atoms with Crippen LogP contribution in [0.2, 0.25) is 0 Å². The molecule has 0 saturated carbocycles. The fourth-order valence-corrected chi connectivity index (χ4v) is 8.04. The van der Waals surface area contributed by atoms with Gasteiger partial charge in [-0.15, -0.1) is 80.1 Å². The number of nitrogens with zero attached hydrogens (tertiary/aromatic N) is 7. The van der Waals surface area contributed by atoms with Gasteiger partial charge in [-0.3, -0.25) is 0 Å². The number of fused-ring (bicyclic) bond motifs is 3. The van der Waals surface area contributed by atoms with Gasteiger partial charge in [-0.25, -0.2) is 0 Å². The molecule has 0 aliphatic carbocycles. The van der Waals surface area contributed by atoms with Gasteiger partial charge in [0.15, 0.2) is 19.2 Å². The van der Waals surface area contributed by atoms with Gasteiger partial charge >= 0.3 is 40.8 Å². The molecule has 0 bridgehead atoms. The zero-order valence-electron chi connectivity index (χ0n) is 34.6. The van der Waals surface area contributed by atoms with Crippen molar-refractivity contribution in [2.45, 2.75) is 26.2 Å². The third-order valence-corrected chi connectivity index (χ3v) is 11.0. The second kappa shape index (κ2) is 18.7. The van der Waals surface area contributed by atoms with Crippen LogP contribution in [-0.4, -0.2) is 48.4 Å². The van der Waals surface area contributed by atoms with Gasteiger partial charge in [0.2, 0.25) is 0 Å². The van der Waals surface area contributed by atoms with Crippen LogP contribution in [0, 0.1) is 24.3 Å².